The van der Waals surface area contributed by atoms with Crippen LogP contribution in [0.1, 0.15) is 12.8 Å². The van der Waals surface area contributed by atoms with Gasteiger partial charge in [-0.05, 0) is 43.6 Å². The van der Waals surface area contributed by atoms with Crippen molar-refractivity contribution in [2.45, 2.75) is 12.8 Å². The fourth-order valence-electron chi connectivity index (χ4n) is 2.76. The summed E-state index contributed by atoms with van der Waals surface area (Å²) >= 11 is 0. The van der Waals surface area contributed by atoms with Gasteiger partial charge in [-0.3, -0.25) is 14.9 Å². The number of likely N-dealkylation sites (N-methyl/N-ethyl adjacent to an activating group) is 1. The highest BCUT2D eigenvalue weighted by molar-refractivity contribution is 5.48. The molecular weight excluding hydrogens is 224 g/mol. The Morgan fingerprint density at radius 2 is 2.11 bits per heavy atom. The molecule has 96 valence electrons. The van der Waals surface area contributed by atoms with Crippen LogP contribution in [0.2, 0.25) is 0 Å². The molecule has 1 saturated heterocycles. The fourth-order valence-corrected chi connectivity index (χ4v) is 2.76. The molecule has 1 fully saturated rings. The van der Waals surface area contributed by atoms with E-state index in [0.717, 1.165) is 18.8 Å². The fraction of sp³-hybridized carbons (Fsp3) is 0.500. The van der Waals surface area contributed by atoms with Crippen LogP contribution in [0.25, 0.3) is 0 Å². The molecule has 3 heterocycles. The van der Waals surface area contributed by atoms with Crippen LogP contribution in [0.5, 0.6) is 0 Å². The van der Waals surface area contributed by atoms with Crippen LogP contribution in [-0.2, 0) is 0 Å². The number of likely N-dealkylation sites (tertiary alicyclic amines) is 1. The van der Waals surface area contributed by atoms with E-state index in [-0.39, 0.29) is 0 Å². The standard InChI is InChI=1S/C14H20N4/c1-16-10-13(11-17-7-2-3-8-17)12-18(16)14-5-4-6-15-9-14/h4-6,9,12H,2-3,7-8,10-11H2,1H3. The van der Waals surface area contributed by atoms with Crippen LogP contribution >= 0.6 is 0 Å². The highest BCUT2D eigenvalue weighted by Gasteiger charge is 2.22. The summed E-state index contributed by atoms with van der Waals surface area (Å²) in [4.78, 5) is 6.73. The minimum absolute atomic E-state index is 1.02. The molecule has 0 aromatic carbocycles. The van der Waals surface area contributed by atoms with Gasteiger partial charge in [-0.15, -0.1) is 0 Å². The summed E-state index contributed by atoms with van der Waals surface area (Å²) in [5.74, 6) is 0. The van der Waals surface area contributed by atoms with E-state index in [1.807, 2.05) is 18.5 Å². The minimum atomic E-state index is 1.02. The number of aromatic nitrogens is 1. The van der Waals surface area contributed by atoms with Crippen molar-refractivity contribution in [3.05, 3.63) is 36.3 Å². The maximum atomic E-state index is 4.18. The average molecular weight is 244 g/mol. The Hall–Kier alpha value is -1.39. The molecule has 0 radical (unpaired) electrons. The lowest BCUT2D eigenvalue weighted by molar-refractivity contribution is 0.347. The molecule has 0 atom stereocenters. The summed E-state index contributed by atoms with van der Waals surface area (Å²) in [6, 6.07) is 4.08. The normalized spacial score (nSPS) is 21.6. The van der Waals surface area contributed by atoms with Gasteiger partial charge in [-0.25, -0.2) is 5.01 Å². The number of hydrogen-bond donors (Lipinski definition) is 0. The average Bonchev–Trinajstić information content (AvgIpc) is 3.01. The third-order valence-corrected chi connectivity index (χ3v) is 3.64. The van der Waals surface area contributed by atoms with E-state index in [1.165, 1.54) is 31.5 Å². The lowest BCUT2D eigenvalue weighted by Gasteiger charge is -2.24. The second kappa shape index (κ2) is 5.08. The number of rotatable bonds is 3. The number of pyridine rings is 1. The summed E-state index contributed by atoms with van der Waals surface area (Å²) < 4.78 is 0. The quantitative estimate of drug-likeness (QED) is 0.807. The van der Waals surface area contributed by atoms with Gasteiger partial charge in [0.25, 0.3) is 0 Å². The lowest BCUT2D eigenvalue weighted by atomic mass is 10.3. The van der Waals surface area contributed by atoms with Crippen molar-refractivity contribution in [1.82, 2.24) is 14.9 Å². The molecule has 2 aliphatic rings. The largest absolute Gasteiger partial charge is 0.299 e. The van der Waals surface area contributed by atoms with Crippen molar-refractivity contribution in [1.29, 1.82) is 0 Å². The first kappa shape index (κ1) is 11.7. The van der Waals surface area contributed by atoms with Crippen LogP contribution in [0.4, 0.5) is 5.69 Å². The van der Waals surface area contributed by atoms with Crippen LogP contribution in [0, 0.1) is 0 Å². The Labute approximate surface area is 108 Å². The third-order valence-electron chi connectivity index (χ3n) is 3.64. The smallest absolute Gasteiger partial charge is 0.0756 e. The zero-order valence-electron chi connectivity index (χ0n) is 10.9. The Morgan fingerprint density at radius 1 is 1.28 bits per heavy atom. The first-order valence-electron chi connectivity index (χ1n) is 6.65. The molecule has 2 aliphatic heterocycles. The molecule has 4 nitrogen and oxygen atoms in total. The highest BCUT2D eigenvalue weighted by atomic mass is 15.6. The molecular formula is C14H20N4. The lowest BCUT2D eigenvalue weighted by Crippen LogP contribution is -2.32. The van der Waals surface area contributed by atoms with Crippen molar-refractivity contribution in [2.75, 3.05) is 38.2 Å². The molecule has 3 rings (SSSR count). The number of nitrogens with zero attached hydrogens (tertiary/aromatic N) is 4. The van der Waals surface area contributed by atoms with Gasteiger partial charge in [0.05, 0.1) is 11.9 Å². The van der Waals surface area contributed by atoms with Crippen molar-refractivity contribution < 1.29 is 0 Å². The SMILES string of the molecule is CN1CC(CN2CCCC2)=CN1c1cccnc1. The van der Waals surface area contributed by atoms with E-state index in [2.05, 4.69) is 39.2 Å². The van der Waals surface area contributed by atoms with Crippen molar-refractivity contribution in [3.63, 3.8) is 0 Å². The van der Waals surface area contributed by atoms with Gasteiger partial charge < -0.3 is 0 Å². The Balaban J connectivity index is 1.70. The number of hydrogen-bond acceptors (Lipinski definition) is 4. The van der Waals surface area contributed by atoms with Gasteiger partial charge in [0.2, 0.25) is 0 Å². The monoisotopic (exact) mass is 244 g/mol. The zero-order valence-corrected chi connectivity index (χ0v) is 10.9. The molecule has 0 N–H and O–H groups in total. The van der Waals surface area contributed by atoms with Crippen LogP contribution in [0.3, 0.4) is 0 Å². The minimum Gasteiger partial charge on any atom is -0.299 e. The zero-order chi connectivity index (χ0) is 12.4. The summed E-state index contributed by atoms with van der Waals surface area (Å²) in [5, 5.41) is 4.43. The van der Waals surface area contributed by atoms with Crippen LogP contribution in [-0.4, -0.2) is 48.1 Å². The molecule has 1 aromatic rings. The topological polar surface area (TPSA) is 22.6 Å². The van der Waals surface area contributed by atoms with E-state index in [1.54, 1.807) is 0 Å². The maximum absolute atomic E-state index is 4.18. The Bertz CT molecular complexity index is 423. The van der Waals surface area contributed by atoms with Crippen LogP contribution in [0.15, 0.2) is 36.3 Å². The molecule has 0 spiro atoms. The number of anilines is 1. The predicted molar refractivity (Wildman–Crippen MR) is 73.1 cm³/mol. The summed E-state index contributed by atoms with van der Waals surface area (Å²) in [7, 11) is 2.13. The molecule has 1 aromatic heterocycles. The Morgan fingerprint density at radius 3 is 2.83 bits per heavy atom. The van der Waals surface area contributed by atoms with Gasteiger partial charge in [0.15, 0.2) is 0 Å². The molecule has 0 saturated carbocycles. The maximum Gasteiger partial charge on any atom is 0.0756 e. The van der Waals surface area contributed by atoms with Gasteiger partial charge >= 0.3 is 0 Å². The summed E-state index contributed by atoms with van der Waals surface area (Å²) in [5.41, 5.74) is 2.62. The van der Waals surface area contributed by atoms with Gasteiger partial charge in [0, 0.05) is 32.5 Å². The second-order valence-corrected chi connectivity index (χ2v) is 5.14. The third kappa shape index (κ3) is 2.40. The first-order chi connectivity index (χ1) is 8.83. The molecule has 0 unspecified atom stereocenters. The van der Waals surface area contributed by atoms with E-state index in [0.29, 0.717) is 0 Å². The molecule has 0 aliphatic carbocycles. The summed E-state index contributed by atoms with van der Waals surface area (Å²) in [6.07, 6.45) is 8.69. The van der Waals surface area contributed by atoms with Crippen molar-refractivity contribution >= 4 is 5.69 Å². The number of hydrazine groups is 1. The van der Waals surface area contributed by atoms with Gasteiger partial charge in [0.1, 0.15) is 0 Å². The first-order valence-corrected chi connectivity index (χ1v) is 6.65. The summed E-state index contributed by atoms with van der Waals surface area (Å²) in [6.45, 7) is 4.65. The van der Waals surface area contributed by atoms with Crippen molar-refractivity contribution in [2.24, 2.45) is 0 Å². The van der Waals surface area contributed by atoms with E-state index in [4.69, 9.17) is 0 Å². The van der Waals surface area contributed by atoms with Crippen molar-refractivity contribution in [3.8, 4) is 0 Å². The molecule has 18 heavy (non-hydrogen) atoms. The molecule has 0 bridgehead atoms. The van der Waals surface area contributed by atoms with E-state index < -0.39 is 0 Å². The van der Waals surface area contributed by atoms with Gasteiger partial charge in [-0.2, -0.15) is 0 Å². The molecule has 4 heteroatoms. The van der Waals surface area contributed by atoms with Crippen LogP contribution < -0.4 is 5.01 Å². The van der Waals surface area contributed by atoms with Gasteiger partial charge in [-0.1, -0.05) is 0 Å². The van der Waals surface area contributed by atoms with E-state index in [9.17, 15) is 0 Å². The second-order valence-electron chi connectivity index (χ2n) is 5.14. The Kier molecular flexibility index (Phi) is 3.30. The predicted octanol–water partition coefficient (Wildman–Crippen LogP) is 1.73. The highest BCUT2D eigenvalue weighted by Crippen LogP contribution is 2.22. The molecule has 0 amide bonds. The van der Waals surface area contributed by atoms with E-state index >= 15 is 0 Å².